The normalized spacial score (nSPS) is 18.6. The van der Waals surface area contributed by atoms with Crippen LogP contribution < -0.4 is 15.0 Å². The number of pyridine rings is 1. The first-order valence-electron chi connectivity index (χ1n) is 9.65. The summed E-state index contributed by atoms with van der Waals surface area (Å²) in [6, 6.07) is 7.03. The number of nitrogens with one attached hydrogen (secondary N) is 1. The quantitative estimate of drug-likeness (QED) is 0.475. The second-order valence-electron chi connectivity index (χ2n) is 7.43. The van der Waals surface area contributed by atoms with Crippen LogP contribution in [0.3, 0.4) is 0 Å². The molecule has 0 bridgehead atoms. The molecule has 1 aliphatic rings. The lowest BCUT2D eigenvalue weighted by molar-refractivity contribution is -0.0964. The van der Waals surface area contributed by atoms with Gasteiger partial charge < -0.3 is 15.0 Å². The number of amides is 1. The standard InChI is InChI=1S/C21H18ClF3N4O2S/c1-12-9-29(10-18(12)23)19-17(14-8-27-32-11-14)6-13(7-26-19)20(30)28-15-2-4-16(5-3-15)31-21(22,24)25/h2-8,11-12,18H,9-10H2,1H3,(H,28,30). The van der Waals surface area contributed by atoms with E-state index in [4.69, 9.17) is 11.6 Å². The fourth-order valence-corrected chi connectivity index (χ4v) is 4.05. The lowest BCUT2D eigenvalue weighted by Crippen LogP contribution is -2.23. The fraction of sp³-hybridized carbons (Fsp3) is 0.286. The van der Waals surface area contributed by atoms with Crippen molar-refractivity contribution in [2.45, 2.75) is 18.7 Å². The van der Waals surface area contributed by atoms with Gasteiger partial charge in [-0.05, 0) is 41.9 Å². The summed E-state index contributed by atoms with van der Waals surface area (Å²) in [6.45, 7) is 2.61. The van der Waals surface area contributed by atoms with Crippen molar-refractivity contribution in [1.82, 2.24) is 9.36 Å². The highest BCUT2D eigenvalue weighted by molar-refractivity contribution is 7.03. The predicted octanol–water partition coefficient (Wildman–Crippen LogP) is 5.42. The molecule has 1 amide bonds. The van der Waals surface area contributed by atoms with Crippen LogP contribution in [-0.2, 0) is 0 Å². The van der Waals surface area contributed by atoms with Gasteiger partial charge in [-0.15, -0.1) is 8.78 Å². The average molecular weight is 483 g/mol. The Kier molecular flexibility index (Phi) is 6.25. The monoisotopic (exact) mass is 482 g/mol. The highest BCUT2D eigenvalue weighted by Gasteiger charge is 2.32. The number of nitrogens with zero attached hydrogens (tertiary/aromatic N) is 3. The summed E-state index contributed by atoms with van der Waals surface area (Å²) in [7, 11) is 0. The highest BCUT2D eigenvalue weighted by atomic mass is 35.5. The van der Waals surface area contributed by atoms with Gasteiger partial charge in [-0.25, -0.2) is 13.7 Å². The summed E-state index contributed by atoms with van der Waals surface area (Å²) in [5.74, 6) is -0.105. The maximum Gasteiger partial charge on any atom is 0.487 e. The van der Waals surface area contributed by atoms with Crippen LogP contribution in [0.4, 0.5) is 24.7 Å². The van der Waals surface area contributed by atoms with Crippen molar-refractivity contribution < 1.29 is 22.7 Å². The van der Waals surface area contributed by atoms with E-state index in [1.54, 1.807) is 12.3 Å². The number of carbonyl (C=O) groups excluding carboxylic acids is 1. The molecule has 3 aromatic rings. The topological polar surface area (TPSA) is 67.4 Å². The summed E-state index contributed by atoms with van der Waals surface area (Å²) in [5.41, 5.74) is -1.70. The number of alkyl halides is 4. The van der Waals surface area contributed by atoms with E-state index in [2.05, 4.69) is 19.4 Å². The Morgan fingerprint density at radius 1 is 1.28 bits per heavy atom. The van der Waals surface area contributed by atoms with E-state index in [0.717, 1.165) is 5.56 Å². The lowest BCUT2D eigenvalue weighted by Gasteiger charge is -2.20. The van der Waals surface area contributed by atoms with Crippen molar-refractivity contribution in [3.63, 3.8) is 0 Å². The van der Waals surface area contributed by atoms with Crippen molar-refractivity contribution in [2.24, 2.45) is 5.92 Å². The van der Waals surface area contributed by atoms with Crippen LogP contribution in [0.5, 0.6) is 5.75 Å². The van der Waals surface area contributed by atoms with Gasteiger partial charge in [0.15, 0.2) is 0 Å². The minimum absolute atomic E-state index is 0.112. The van der Waals surface area contributed by atoms with Gasteiger partial charge in [-0.1, -0.05) is 6.92 Å². The fourth-order valence-electron chi connectivity index (χ4n) is 3.43. The van der Waals surface area contributed by atoms with Crippen LogP contribution in [0, 0.1) is 5.92 Å². The molecule has 168 valence electrons. The third-order valence-electron chi connectivity index (χ3n) is 5.04. The summed E-state index contributed by atoms with van der Waals surface area (Å²) >= 11 is 6.01. The van der Waals surface area contributed by atoms with E-state index >= 15 is 0 Å². The van der Waals surface area contributed by atoms with Gasteiger partial charge in [-0.2, -0.15) is 0 Å². The number of rotatable bonds is 6. The molecule has 11 heteroatoms. The van der Waals surface area contributed by atoms with Gasteiger partial charge in [0.1, 0.15) is 17.7 Å². The Bertz CT molecular complexity index is 1080. The number of carbonyl (C=O) groups is 1. The van der Waals surface area contributed by atoms with Crippen LogP contribution >= 0.6 is 23.1 Å². The zero-order chi connectivity index (χ0) is 22.9. The Labute approximate surface area is 191 Å². The van der Waals surface area contributed by atoms with Crippen LogP contribution in [-0.4, -0.2) is 40.1 Å². The van der Waals surface area contributed by atoms with Gasteiger partial charge in [0.25, 0.3) is 5.91 Å². The number of hydrogen-bond donors (Lipinski definition) is 1. The Balaban J connectivity index is 1.56. The van der Waals surface area contributed by atoms with Crippen LogP contribution in [0.15, 0.2) is 48.1 Å². The minimum Gasteiger partial charge on any atom is -0.420 e. The van der Waals surface area contributed by atoms with Gasteiger partial charge >= 0.3 is 5.57 Å². The first-order chi connectivity index (χ1) is 15.2. The minimum atomic E-state index is -3.82. The Morgan fingerprint density at radius 3 is 2.62 bits per heavy atom. The third kappa shape index (κ3) is 5.13. The zero-order valence-electron chi connectivity index (χ0n) is 16.8. The van der Waals surface area contributed by atoms with Crippen molar-refractivity contribution >= 4 is 40.5 Å². The summed E-state index contributed by atoms with van der Waals surface area (Å²) in [6.07, 6.45) is 2.15. The zero-order valence-corrected chi connectivity index (χ0v) is 18.3. The molecule has 1 fully saturated rings. The van der Waals surface area contributed by atoms with Crippen LogP contribution in [0.1, 0.15) is 17.3 Å². The first-order valence-corrected chi connectivity index (χ1v) is 10.9. The molecular weight excluding hydrogens is 465 g/mol. The van der Waals surface area contributed by atoms with Crippen LogP contribution in [0.2, 0.25) is 0 Å². The average Bonchev–Trinajstić information content (AvgIpc) is 3.38. The molecule has 0 aliphatic carbocycles. The second kappa shape index (κ2) is 8.95. The number of benzene rings is 1. The lowest BCUT2D eigenvalue weighted by atomic mass is 10.1. The molecule has 6 nitrogen and oxygen atoms in total. The molecule has 0 spiro atoms. The number of aromatic nitrogens is 2. The predicted molar refractivity (Wildman–Crippen MR) is 117 cm³/mol. The summed E-state index contributed by atoms with van der Waals surface area (Å²) < 4.78 is 47.9. The smallest absolute Gasteiger partial charge is 0.420 e. The van der Waals surface area contributed by atoms with E-state index in [0.29, 0.717) is 23.6 Å². The SMILES string of the molecule is CC1CN(c2ncc(C(=O)Nc3ccc(OC(F)(F)Cl)cc3)cc2-c2cnsc2)CC1F. The highest BCUT2D eigenvalue weighted by Crippen LogP contribution is 2.34. The molecule has 2 atom stereocenters. The molecule has 1 aliphatic heterocycles. The molecule has 2 unspecified atom stereocenters. The molecule has 2 aromatic heterocycles. The third-order valence-corrected chi connectivity index (χ3v) is 5.70. The van der Waals surface area contributed by atoms with Crippen molar-refractivity contribution in [2.75, 3.05) is 23.3 Å². The second-order valence-corrected chi connectivity index (χ2v) is 8.53. The molecule has 1 N–H and O–H groups in total. The molecule has 0 radical (unpaired) electrons. The summed E-state index contributed by atoms with van der Waals surface area (Å²) in [5, 5.41) is 4.52. The van der Waals surface area contributed by atoms with E-state index in [1.165, 1.54) is 42.0 Å². The van der Waals surface area contributed by atoms with Gasteiger partial charge in [0.05, 0.1) is 12.1 Å². The Morgan fingerprint density at radius 2 is 2.03 bits per heavy atom. The van der Waals surface area contributed by atoms with E-state index in [9.17, 15) is 18.0 Å². The van der Waals surface area contributed by atoms with Gasteiger partial charge in [-0.3, -0.25) is 4.79 Å². The molecule has 1 aromatic carbocycles. The molecule has 4 rings (SSSR count). The van der Waals surface area contributed by atoms with E-state index in [1.807, 2.05) is 17.2 Å². The summed E-state index contributed by atoms with van der Waals surface area (Å²) in [4.78, 5) is 19.1. The Hall–Kier alpha value is -2.85. The molecule has 32 heavy (non-hydrogen) atoms. The van der Waals surface area contributed by atoms with Crippen molar-refractivity contribution in [3.05, 3.63) is 53.7 Å². The maximum absolute atomic E-state index is 14.1. The molecule has 0 saturated carbocycles. The largest absolute Gasteiger partial charge is 0.487 e. The number of ether oxygens (including phenoxy) is 1. The number of hydrogen-bond acceptors (Lipinski definition) is 6. The van der Waals surface area contributed by atoms with Crippen LogP contribution in [0.25, 0.3) is 11.1 Å². The molecular formula is C21H18ClF3N4O2S. The number of halogens is 4. The van der Waals surface area contributed by atoms with Gasteiger partial charge in [0, 0.05) is 58.7 Å². The van der Waals surface area contributed by atoms with Crippen molar-refractivity contribution in [1.29, 1.82) is 0 Å². The first kappa shape index (κ1) is 22.3. The van der Waals surface area contributed by atoms with E-state index < -0.39 is 17.6 Å². The molecule has 3 heterocycles. The molecule has 1 saturated heterocycles. The van der Waals surface area contributed by atoms with Crippen molar-refractivity contribution in [3.8, 4) is 16.9 Å². The van der Waals surface area contributed by atoms with E-state index in [-0.39, 0.29) is 23.8 Å². The number of anilines is 2. The van der Waals surface area contributed by atoms with Gasteiger partial charge in [0.2, 0.25) is 0 Å². The maximum atomic E-state index is 14.1.